The van der Waals surface area contributed by atoms with Gasteiger partial charge in [-0.2, -0.15) is 0 Å². The molecule has 2 fully saturated rings. The number of carbonyl (C=O) groups excluding carboxylic acids is 3. The second kappa shape index (κ2) is 15.0. The summed E-state index contributed by atoms with van der Waals surface area (Å²) in [6.45, 7) is 13.0. The van der Waals surface area contributed by atoms with Crippen LogP contribution in [-0.2, 0) is 24.4 Å². The van der Waals surface area contributed by atoms with Crippen LogP contribution in [0.2, 0.25) is 0 Å². The molecular formula is C40H41N5O7S. The standard InChI is InChI=1S/C40H41N5O7S/c1-6-25(3)41-26(4)38(47)45-24-30(52-36-22-33(27-14-10-8-11-15-27)42-34-20-29(51-5)18-19-32(34)36)21-35(45)37(46)43-40(23-28(40)7-2)39(48)44-53(49,50)31-16-12-9-13-17-31/h6-20,22,26,28,30,35,41H,1-3,21,23-24H2,4-5H3,(H,43,46)(H,44,48)/t26-,28+,30+,35-,40+/m0/s1. The number of nitrogens with zero attached hydrogens (tertiary/aromatic N) is 2. The minimum absolute atomic E-state index is 0.0383. The maximum Gasteiger partial charge on any atom is 0.264 e. The van der Waals surface area contributed by atoms with Gasteiger partial charge in [0.2, 0.25) is 11.8 Å². The topological polar surface area (TPSA) is 156 Å². The molecular weight excluding hydrogens is 695 g/mol. The van der Waals surface area contributed by atoms with Crippen molar-refractivity contribution in [1.29, 1.82) is 0 Å². The molecule has 2 heterocycles. The third-order valence-electron chi connectivity index (χ3n) is 9.54. The number of methoxy groups -OCH3 is 1. The predicted octanol–water partition coefficient (Wildman–Crippen LogP) is 4.50. The summed E-state index contributed by atoms with van der Waals surface area (Å²) in [6.07, 6.45) is 2.53. The molecule has 1 aliphatic carbocycles. The first kappa shape index (κ1) is 36.8. The lowest BCUT2D eigenvalue weighted by molar-refractivity contribution is -0.140. The van der Waals surface area contributed by atoms with Crippen molar-refractivity contribution in [2.75, 3.05) is 13.7 Å². The van der Waals surface area contributed by atoms with Crippen LogP contribution >= 0.6 is 0 Å². The Balaban J connectivity index is 1.30. The molecule has 2 aliphatic rings. The molecule has 274 valence electrons. The Hall–Kier alpha value is -5.95. The van der Waals surface area contributed by atoms with Crippen LogP contribution in [0.3, 0.4) is 0 Å². The Morgan fingerprint density at radius 3 is 2.36 bits per heavy atom. The Labute approximate surface area is 308 Å². The van der Waals surface area contributed by atoms with E-state index < -0.39 is 57.4 Å². The Morgan fingerprint density at radius 2 is 1.72 bits per heavy atom. The zero-order valence-corrected chi connectivity index (χ0v) is 30.3. The normalized spacial score (nSPS) is 21.2. The first-order valence-electron chi connectivity index (χ1n) is 17.0. The molecule has 3 N–H and O–H groups in total. The number of rotatable bonds is 14. The third kappa shape index (κ3) is 7.65. The van der Waals surface area contributed by atoms with Gasteiger partial charge in [-0.1, -0.05) is 67.8 Å². The number of benzene rings is 3. The van der Waals surface area contributed by atoms with Crippen molar-refractivity contribution in [3.8, 4) is 22.8 Å². The molecule has 53 heavy (non-hydrogen) atoms. The van der Waals surface area contributed by atoms with E-state index >= 15 is 0 Å². The van der Waals surface area contributed by atoms with Crippen LogP contribution in [0, 0.1) is 5.92 Å². The first-order valence-corrected chi connectivity index (χ1v) is 18.5. The van der Waals surface area contributed by atoms with Crippen LogP contribution in [-0.4, -0.2) is 73.4 Å². The van der Waals surface area contributed by atoms with Gasteiger partial charge >= 0.3 is 0 Å². The zero-order valence-electron chi connectivity index (χ0n) is 29.5. The molecule has 0 radical (unpaired) electrons. The summed E-state index contributed by atoms with van der Waals surface area (Å²) in [4.78, 5) is 48.0. The van der Waals surface area contributed by atoms with Gasteiger partial charge in [-0.3, -0.25) is 14.4 Å². The number of hydrogen-bond donors (Lipinski definition) is 3. The molecule has 6 rings (SSSR count). The van der Waals surface area contributed by atoms with Crippen LogP contribution in [0.5, 0.6) is 11.5 Å². The first-order chi connectivity index (χ1) is 25.4. The smallest absolute Gasteiger partial charge is 0.264 e. The molecule has 4 aromatic rings. The fraction of sp³-hybridized carbons (Fsp3) is 0.250. The molecule has 12 nitrogen and oxygen atoms in total. The summed E-state index contributed by atoms with van der Waals surface area (Å²) < 4.78 is 40.3. The predicted molar refractivity (Wildman–Crippen MR) is 201 cm³/mol. The molecule has 3 amide bonds. The number of nitrogens with one attached hydrogen (secondary N) is 3. The van der Waals surface area contributed by atoms with Crippen molar-refractivity contribution in [2.45, 2.75) is 48.4 Å². The number of fused-ring (bicyclic) bond motifs is 1. The Morgan fingerprint density at radius 1 is 1.02 bits per heavy atom. The van der Waals surface area contributed by atoms with Gasteiger partial charge in [0.1, 0.15) is 35.2 Å². The molecule has 5 atom stereocenters. The number of aromatic nitrogens is 1. The van der Waals surface area contributed by atoms with Gasteiger partial charge in [0, 0.05) is 41.1 Å². The number of carbonyl (C=O) groups is 3. The molecule has 3 aromatic carbocycles. The maximum atomic E-state index is 14.2. The second-order valence-corrected chi connectivity index (χ2v) is 14.8. The summed E-state index contributed by atoms with van der Waals surface area (Å²) in [5.74, 6) is -1.36. The van der Waals surface area contributed by atoms with Crippen molar-refractivity contribution < 1.29 is 32.3 Å². The highest BCUT2D eigenvalue weighted by atomic mass is 32.2. The summed E-state index contributed by atoms with van der Waals surface area (Å²) in [7, 11) is -2.66. The van der Waals surface area contributed by atoms with Gasteiger partial charge in [-0.15, -0.1) is 6.58 Å². The van der Waals surface area contributed by atoms with Gasteiger partial charge in [-0.05, 0) is 43.7 Å². The monoisotopic (exact) mass is 735 g/mol. The van der Waals surface area contributed by atoms with E-state index in [-0.39, 0.29) is 24.3 Å². The minimum atomic E-state index is -4.24. The average Bonchev–Trinajstić information content (AvgIpc) is 3.73. The van der Waals surface area contributed by atoms with Crippen LogP contribution < -0.4 is 24.8 Å². The maximum absolute atomic E-state index is 14.2. The third-order valence-corrected chi connectivity index (χ3v) is 10.9. The fourth-order valence-electron chi connectivity index (χ4n) is 6.57. The Kier molecular flexibility index (Phi) is 10.4. The summed E-state index contributed by atoms with van der Waals surface area (Å²) >= 11 is 0. The molecule has 1 aliphatic heterocycles. The van der Waals surface area contributed by atoms with E-state index in [9.17, 15) is 22.8 Å². The second-order valence-electron chi connectivity index (χ2n) is 13.1. The highest BCUT2D eigenvalue weighted by molar-refractivity contribution is 7.90. The number of likely N-dealkylation sites (tertiary alicyclic amines) is 1. The number of allylic oxidation sites excluding steroid dienone is 1. The van der Waals surface area contributed by atoms with E-state index in [2.05, 4.69) is 35.1 Å². The van der Waals surface area contributed by atoms with Gasteiger partial charge in [0.15, 0.2) is 0 Å². The largest absolute Gasteiger partial charge is 0.497 e. The number of pyridine rings is 1. The van der Waals surface area contributed by atoms with E-state index in [4.69, 9.17) is 14.5 Å². The molecule has 1 aromatic heterocycles. The quantitative estimate of drug-likeness (QED) is 0.125. The average molecular weight is 736 g/mol. The molecule has 13 heteroatoms. The molecule has 1 saturated carbocycles. The lowest BCUT2D eigenvalue weighted by atomic mass is 10.1. The van der Waals surface area contributed by atoms with E-state index in [1.807, 2.05) is 48.5 Å². The van der Waals surface area contributed by atoms with Gasteiger partial charge in [-0.25, -0.2) is 18.1 Å². The van der Waals surface area contributed by atoms with E-state index in [1.54, 1.807) is 38.3 Å². The van der Waals surface area contributed by atoms with Crippen molar-refractivity contribution in [3.63, 3.8) is 0 Å². The highest BCUT2D eigenvalue weighted by Gasteiger charge is 2.61. The fourth-order valence-corrected chi connectivity index (χ4v) is 7.63. The molecule has 1 saturated heterocycles. The lowest BCUT2D eigenvalue weighted by Crippen LogP contribution is -2.57. The van der Waals surface area contributed by atoms with Crippen LogP contribution in [0.15, 0.2) is 127 Å². The van der Waals surface area contributed by atoms with Crippen LogP contribution in [0.1, 0.15) is 19.8 Å². The Bertz CT molecular complexity index is 2200. The van der Waals surface area contributed by atoms with Gasteiger partial charge in [0.05, 0.1) is 29.8 Å². The summed E-state index contributed by atoms with van der Waals surface area (Å²) in [6, 6.07) is 22.5. The van der Waals surface area contributed by atoms with Crippen LogP contribution in [0.4, 0.5) is 0 Å². The van der Waals surface area contributed by atoms with Crippen molar-refractivity contribution in [3.05, 3.63) is 123 Å². The number of hydrogen-bond acceptors (Lipinski definition) is 9. The van der Waals surface area contributed by atoms with Gasteiger partial charge in [0.25, 0.3) is 15.9 Å². The van der Waals surface area contributed by atoms with Crippen LogP contribution in [0.25, 0.3) is 22.2 Å². The molecule has 0 bridgehead atoms. The zero-order chi connectivity index (χ0) is 37.9. The minimum Gasteiger partial charge on any atom is -0.497 e. The number of amides is 3. The van der Waals surface area contributed by atoms with Gasteiger partial charge < -0.3 is 25.0 Å². The summed E-state index contributed by atoms with van der Waals surface area (Å²) in [5.41, 5.74) is 0.992. The van der Waals surface area contributed by atoms with Crippen molar-refractivity contribution >= 4 is 38.6 Å². The number of sulfonamides is 1. The lowest BCUT2D eigenvalue weighted by Gasteiger charge is -2.29. The summed E-state index contributed by atoms with van der Waals surface area (Å²) in [5, 5.41) is 6.49. The SMILES string of the molecule is C=CC(=C)N[C@@H](C)C(=O)N1C[C@H](Oc2cc(-c3ccccc3)nc3cc(OC)ccc23)C[C@H]1C(=O)N[C@]1(C(=O)NS(=O)(=O)c2ccccc2)C[C@H]1C=C. The van der Waals surface area contributed by atoms with Crippen molar-refractivity contribution in [2.24, 2.45) is 5.92 Å². The van der Waals surface area contributed by atoms with E-state index in [0.717, 1.165) is 5.56 Å². The van der Waals surface area contributed by atoms with Crippen molar-refractivity contribution in [1.82, 2.24) is 25.2 Å². The molecule has 0 unspecified atom stereocenters. The van der Waals surface area contributed by atoms with E-state index in [0.29, 0.717) is 33.8 Å². The highest BCUT2D eigenvalue weighted by Crippen LogP contribution is 2.45. The molecule has 0 spiro atoms. The number of ether oxygens (including phenoxy) is 2. The van der Waals surface area contributed by atoms with E-state index in [1.165, 1.54) is 29.2 Å².